The van der Waals surface area contributed by atoms with Crippen LogP contribution in [0.4, 0.5) is 4.79 Å². The normalized spacial score (nSPS) is 20.4. The van der Waals surface area contributed by atoms with Crippen LogP contribution in [0.1, 0.15) is 76.4 Å². The van der Waals surface area contributed by atoms with Crippen LogP contribution in [0.15, 0.2) is 48.2 Å². The van der Waals surface area contributed by atoms with Crippen LogP contribution >= 0.6 is 0 Å². The third kappa shape index (κ3) is 9.44. The molecular weight excluding hydrogens is 668 g/mol. The number of hydrogen-bond donors (Lipinski definition) is 3. The van der Waals surface area contributed by atoms with E-state index in [0.29, 0.717) is 30.8 Å². The molecule has 1 saturated heterocycles. The van der Waals surface area contributed by atoms with Gasteiger partial charge in [0.1, 0.15) is 41.5 Å². The molecule has 0 bridgehead atoms. The molecule has 278 valence electrons. The van der Waals surface area contributed by atoms with E-state index in [9.17, 15) is 27.6 Å². The summed E-state index contributed by atoms with van der Waals surface area (Å²) in [6.45, 7) is 5.26. The average molecular weight is 721 g/mol. The molecule has 2 aliphatic carbocycles. The summed E-state index contributed by atoms with van der Waals surface area (Å²) in [6.07, 6.45) is 4.24. The van der Waals surface area contributed by atoms with Crippen molar-refractivity contribution < 1.29 is 50.3 Å². The van der Waals surface area contributed by atoms with Crippen LogP contribution in [0.2, 0.25) is 0 Å². The monoisotopic (exact) mass is 720 g/mol. The van der Waals surface area contributed by atoms with Gasteiger partial charge in [0.15, 0.2) is 0 Å². The number of benzene rings is 2. The van der Waals surface area contributed by atoms with E-state index in [0.717, 1.165) is 36.5 Å². The first-order valence-corrected chi connectivity index (χ1v) is 18.6. The van der Waals surface area contributed by atoms with Crippen molar-refractivity contribution in [1.29, 1.82) is 0 Å². The lowest BCUT2D eigenvalue weighted by atomic mass is 10.0. The molecule has 15 heteroatoms. The Hall–Kier alpha value is -4.37. The lowest BCUT2D eigenvalue weighted by molar-refractivity contribution is -0.140. The molecular formula is C35H52N4O10S. The van der Waals surface area contributed by atoms with Gasteiger partial charge in [-0.25, -0.2) is 9.52 Å². The van der Waals surface area contributed by atoms with Crippen LogP contribution in [0, 0.1) is 5.92 Å². The minimum Gasteiger partial charge on any atom is -0.497 e. The van der Waals surface area contributed by atoms with Crippen LogP contribution in [-0.4, -0.2) is 81.2 Å². The number of amides is 4. The molecule has 3 unspecified atom stereocenters. The highest BCUT2D eigenvalue weighted by molar-refractivity contribution is 7.85. The lowest BCUT2D eigenvalue weighted by Crippen LogP contribution is -2.55. The molecule has 1 heterocycles. The Bertz CT molecular complexity index is 1740. The molecule has 2 aromatic carbocycles. The quantitative estimate of drug-likeness (QED) is 0.234. The molecule has 0 aromatic heterocycles. The largest absolute Gasteiger partial charge is 0.497 e. The van der Waals surface area contributed by atoms with Gasteiger partial charge in [-0.2, -0.15) is 8.42 Å². The van der Waals surface area contributed by atoms with Crippen molar-refractivity contribution in [2.24, 2.45) is 5.92 Å². The Morgan fingerprint density at radius 2 is 1.76 bits per heavy atom. The topological polar surface area (TPSA) is 179 Å². The minimum absolute atomic E-state index is 0. The molecule has 5 rings (SSSR count). The molecule has 3 aliphatic rings. The maximum atomic E-state index is 14.2. The van der Waals surface area contributed by atoms with Crippen molar-refractivity contribution in [3.8, 4) is 11.5 Å². The second-order valence-corrected chi connectivity index (χ2v) is 14.5. The smallest absolute Gasteiger partial charge is 0.408 e. The zero-order valence-corrected chi connectivity index (χ0v) is 29.6. The summed E-state index contributed by atoms with van der Waals surface area (Å²) in [5, 5.41) is 6.92. The van der Waals surface area contributed by atoms with E-state index in [2.05, 4.69) is 10.6 Å². The van der Waals surface area contributed by atoms with Gasteiger partial charge in [-0.05, 0) is 80.5 Å². The number of hydrogen-bond acceptors (Lipinski definition) is 10. The fourth-order valence-corrected chi connectivity index (χ4v) is 7.12. The molecule has 0 radical (unpaired) electrons. The first kappa shape index (κ1) is 36.9. The van der Waals surface area contributed by atoms with Gasteiger partial charge in [0.2, 0.25) is 11.8 Å². The number of allylic oxidation sites excluding steroid dienone is 1. The van der Waals surface area contributed by atoms with Crippen molar-refractivity contribution in [3.05, 3.63) is 48.2 Å². The van der Waals surface area contributed by atoms with Gasteiger partial charge in [0.25, 0.3) is 5.91 Å². The predicted molar refractivity (Wildman–Crippen MR) is 190 cm³/mol. The number of carbonyl (C=O) groups excluding carboxylic acids is 4. The molecule has 3 N–H and O–H groups in total. The summed E-state index contributed by atoms with van der Waals surface area (Å²) < 4.78 is 48.8. The second-order valence-electron chi connectivity index (χ2n) is 13.2. The van der Waals surface area contributed by atoms with E-state index in [4.69, 9.17) is 18.4 Å². The number of methoxy groups -OCH3 is 1. The third-order valence-electron chi connectivity index (χ3n) is 8.89. The van der Waals surface area contributed by atoms with Crippen molar-refractivity contribution in [3.63, 3.8) is 0 Å². The molecule has 4 amide bonds. The minimum atomic E-state index is -4.40. The summed E-state index contributed by atoms with van der Waals surface area (Å²) in [7, 11) is -2.82. The molecule has 0 spiro atoms. The molecule has 50 heavy (non-hydrogen) atoms. The molecule has 2 saturated carbocycles. The van der Waals surface area contributed by atoms with E-state index < -0.39 is 58.4 Å². The first-order chi connectivity index (χ1) is 23.9. The molecule has 2 aromatic rings. The Balaban J connectivity index is 0.00000324. The van der Waals surface area contributed by atoms with Crippen molar-refractivity contribution in [1.82, 2.24) is 20.3 Å². The number of ether oxygens (including phenoxy) is 3. The highest BCUT2D eigenvalue weighted by Gasteiger charge is 2.44. The molecule has 1 aliphatic heterocycles. The van der Waals surface area contributed by atoms with E-state index >= 15 is 0 Å². The first-order valence-electron chi connectivity index (χ1n) is 17.1. The van der Waals surface area contributed by atoms with Gasteiger partial charge in [0, 0.05) is 16.1 Å². The second kappa shape index (κ2) is 16.1. The molecule has 3 fully saturated rings. The summed E-state index contributed by atoms with van der Waals surface area (Å²) in [4.78, 5) is 55.4. The number of alkyl carbamates (subject to hydrolysis) is 1. The highest BCUT2D eigenvalue weighted by atomic mass is 32.2. The van der Waals surface area contributed by atoms with Crippen LogP contribution in [-0.2, 0) is 33.6 Å². The zero-order chi connectivity index (χ0) is 36.0. The lowest BCUT2D eigenvalue weighted by Gasteiger charge is -2.30. The van der Waals surface area contributed by atoms with Crippen LogP contribution in [0.25, 0.3) is 10.8 Å². The summed E-state index contributed by atoms with van der Waals surface area (Å²) in [6, 6.07) is 8.92. The predicted octanol–water partition coefficient (Wildman–Crippen LogP) is 4.58. The number of nitrogens with one attached hydrogen (secondary N) is 3. The SMILES string of the molecule is CC/C=C(/NC(=O)C1CC(Oc2cccc3cc(OC)ccc23)CN1C(=O)C(NC(=O)OC1CCCC1)C(C)C)C(=O)NS(=O)(=O)OC1CC1.[HH].[HH].[HH]. The number of likely N-dealkylation sites (tertiary alicyclic amines) is 1. The van der Waals surface area contributed by atoms with Gasteiger partial charge < -0.3 is 29.7 Å². The Labute approximate surface area is 296 Å². The van der Waals surface area contributed by atoms with Crippen molar-refractivity contribution in [2.45, 2.75) is 103 Å². The van der Waals surface area contributed by atoms with E-state index in [1.54, 1.807) is 33.9 Å². The van der Waals surface area contributed by atoms with Gasteiger partial charge in [-0.1, -0.05) is 39.0 Å². The Kier molecular flexibility index (Phi) is 11.9. The standard InChI is InChI=1S/C35H46N4O10S.3H2/c1-5-9-28(32(40)38-50(44,45)49-24-14-15-24)36-33(41)29-19-26(47-30-13-8-10-22-18-25(46-4)16-17-27(22)30)20-39(29)34(42)31(21(2)3)37-35(43)48-23-11-6-7-12-23;;;/h8-10,13,16-18,21,23-24,26,29,31H,5-7,11-12,14-15,19-20H2,1-4H3,(H,36,41)(H,37,43)(H,38,40);3*1H/b28-9+;;;. The number of nitrogens with zero attached hydrogens (tertiary/aromatic N) is 1. The molecule has 3 atom stereocenters. The highest BCUT2D eigenvalue weighted by Crippen LogP contribution is 2.32. The van der Waals surface area contributed by atoms with E-state index in [-0.39, 0.29) is 35.0 Å². The fraction of sp³-hybridized carbons (Fsp3) is 0.543. The third-order valence-corrected chi connectivity index (χ3v) is 9.85. The number of fused-ring (bicyclic) bond motifs is 1. The molecule has 14 nitrogen and oxygen atoms in total. The van der Waals surface area contributed by atoms with Gasteiger partial charge >= 0.3 is 16.4 Å². The summed E-state index contributed by atoms with van der Waals surface area (Å²) in [5.41, 5.74) is -0.307. The Morgan fingerprint density at radius 3 is 2.42 bits per heavy atom. The zero-order valence-electron chi connectivity index (χ0n) is 28.8. The fourth-order valence-electron chi connectivity index (χ4n) is 6.18. The van der Waals surface area contributed by atoms with Gasteiger partial charge in [-0.15, -0.1) is 0 Å². The van der Waals surface area contributed by atoms with Crippen LogP contribution in [0.3, 0.4) is 0 Å². The Morgan fingerprint density at radius 1 is 1.02 bits per heavy atom. The van der Waals surface area contributed by atoms with Gasteiger partial charge in [-0.3, -0.25) is 18.6 Å². The van der Waals surface area contributed by atoms with Gasteiger partial charge in [0.05, 0.1) is 19.8 Å². The van der Waals surface area contributed by atoms with Crippen molar-refractivity contribution in [2.75, 3.05) is 13.7 Å². The maximum Gasteiger partial charge on any atom is 0.408 e. The van der Waals surface area contributed by atoms with Crippen molar-refractivity contribution >= 4 is 44.9 Å². The van der Waals surface area contributed by atoms with E-state index in [1.807, 2.05) is 35.1 Å². The number of rotatable bonds is 14. The summed E-state index contributed by atoms with van der Waals surface area (Å²) >= 11 is 0. The summed E-state index contributed by atoms with van der Waals surface area (Å²) in [5.74, 6) is -1.48. The van der Waals surface area contributed by atoms with E-state index in [1.165, 1.54) is 11.0 Å². The average Bonchev–Trinajstić information content (AvgIpc) is 3.52. The van der Waals surface area contributed by atoms with Crippen LogP contribution < -0.4 is 24.8 Å². The number of carbonyl (C=O) groups is 4. The maximum absolute atomic E-state index is 14.2. The van der Waals surface area contributed by atoms with Crippen LogP contribution in [0.5, 0.6) is 11.5 Å².